The van der Waals surface area contributed by atoms with Gasteiger partial charge in [0.2, 0.25) is 0 Å². The highest BCUT2D eigenvalue weighted by Crippen LogP contribution is 2.35. The predicted octanol–water partition coefficient (Wildman–Crippen LogP) is 6.55. The largest absolute Gasteiger partial charge is 0.478 e. The van der Waals surface area contributed by atoms with Gasteiger partial charge in [-0.25, -0.2) is 4.79 Å². The lowest BCUT2D eigenvalue weighted by Gasteiger charge is -2.17. The van der Waals surface area contributed by atoms with Crippen molar-refractivity contribution in [2.45, 2.75) is 13.3 Å². The molecule has 4 nitrogen and oxygen atoms in total. The molecule has 4 rings (SSSR count). The van der Waals surface area contributed by atoms with E-state index in [0.29, 0.717) is 0 Å². The average molecular weight is 435 g/mol. The second kappa shape index (κ2) is 9.96. The normalized spacial score (nSPS) is 12.1. The molecule has 0 saturated carbocycles. The smallest absolute Gasteiger partial charge is 0.328 e. The molecule has 1 heterocycles. The minimum absolute atomic E-state index is 0.852. The zero-order chi connectivity index (χ0) is 23.2. The monoisotopic (exact) mass is 434 g/mol. The SMILES string of the molecule is CCC(=C(c1ccc(C=CC(=O)O)cc1)c1ccc(-c2cnn(C)c2)cc1)c1ccccc1. The van der Waals surface area contributed by atoms with Crippen molar-refractivity contribution in [3.63, 3.8) is 0 Å². The Morgan fingerprint density at radius 2 is 1.52 bits per heavy atom. The standard InChI is InChI=1S/C29H26N2O2/c1-3-27(23-7-5-4-6-8-23)29(24-12-9-21(10-13-24)11-18-28(32)33)25-16-14-22(15-17-25)26-19-30-31(2)20-26/h4-20H,3H2,1-2H3,(H,32,33). The Kier molecular flexibility index (Phi) is 6.65. The number of hydrogen-bond acceptors (Lipinski definition) is 2. The van der Waals surface area contributed by atoms with E-state index in [-0.39, 0.29) is 0 Å². The number of aryl methyl sites for hydroxylation is 1. The highest BCUT2D eigenvalue weighted by atomic mass is 16.4. The van der Waals surface area contributed by atoms with Gasteiger partial charge in [-0.05, 0) is 51.5 Å². The Labute approximate surface area is 194 Å². The number of carbonyl (C=O) groups is 1. The van der Waals surface area contributed by atoms with Crippen LogP contribution in [0, 0.1) is 0 Å². The average Bonchev–Trinajstić information content (AvgIpc) is 3.28. The van der Waals surface area contributed by atoms with Crippen molar-refractivity contribution in [3.05, 3.63) is 120 Å². The fourth-order valence-electron chi connectivity index (χ4n) is 4.01. The van der Waals surface area contributed by atoms with Crippen molar-refractivity contribution >= 4 is 23.2 Å². The fraction of sp³-hybridized carbons (Fsp3) is 0.103. The maximum Gasteiger partial charge on any atom is 0.328 e. The molecule has 0 atom stereocenters. The second-order valence-corrected chi connectivity index (χ2v) is 7.85. The van der Waals surface area contributed by atoms with E-state index >= 15 is 0 Å². The van der Waals surface area contributed by atoms with Crippen molar-refractivity contribution in [3.8, 4) is 11.1 Å². The van der Waals surface area contributed by atoms with Crippen LogP contribution >= 0.6 is 0 Å². The molecule has 33 heavy (non-hydrogen) atoms. The van der Waals surface area contributed by atoms with Crippen LogP contribution in [0.25, 0.3) is 28.3 Å². The summed E-state index contributed by atoms with van der Waals surface area (Å²) in [5.74, 6) is -0.953. The summed E-state index contributed by atoms with van der Waals surface area (Å²) in [7, 11) is 1.92. The molecule has 0 fully saturated rings. The Balaban J connectivity index is 1.81. The highest BCUT2D eigenvalue weighted by Gasteiger charge is 2.13. The van der Waals surface area contributed by atoms with E-state index < -0.39 is 5.97 Å². The molecule has 0 saturated heterocycles. The van der Waals surface area contributed by atoms with Gasteiger partial charge in [0.1, 0.15) is 0 Å². The Hall–Kier alpha value is -4.18. The Morgan fingerprint density at radius 3 is 2.06 bits per heavy atom. The zero-order valence-corrected chi connectivity index (χ0v) is 18.8. The van der Waals surface area contributed by atoms with Crippen LogP contribution in [0.15, 0.2) is 97.3 Å². The van der Waals surface area contributed by atoms with Gasteiger partial charge in [-0.2, -0.15) is 5.10 Å². The quantitative estimate of drug-likeness (QED) is 0.265. The summed E-state index contributed by atoms with van der Waals surface area (Å²) in [4.78, 5) is 10.8. The van der Waals surface area contributed by atoms with Crippen LogP contribution in [-0.2, 0) is 11.8 Å². The van der Waals surface area contributed by atoms with Gasteiger partial charge in [0.25, 0.3) is 0 Å². The maximum absolute atomic E-state index is 10.8. The number of hydrogen-bond donors (Lipinski definition) is 1. The van der Waals surface area contributed by atoms with Crippen molar-refractivity contribution < 1.29 is 9.90 Å². The first-order valence-corrected chi connectivity index (χ1v) is 10.9. The predicted molar refractivity (Wildman–Crippen MR) is 134 cm³/mol. The van der Waals surface area contributed by atoms with Crippen molar-refractivity contribution in [1.29, 1.82) is 0 Å². The number of aromatic nitrogens is 2. The molecule has 164 valence electrons. The summed E-state index contributed by atoms with van der Waals surface area (Å²) < 4.78 is 1.81. The lowest BCUT2D eigenvalue weighted by Crippen LogP contribution is -1.95. The second-order valence-electron chi connectivity index (χ2n) is 7.85. The van der Waals surface area contributed by atoms with E-state index in [9.17, 15) is 4.79 Å². The fourth-order valence-corrected chi connectivity index (χ4v) is 4.01. The molecule has 0 aliphatic carbocycles. The molecule has 1 aromatic heterocycles. The van der Waals surface area contributed by atoms with Crippen LogP contribution in [0.3, 0.4) is 0 Å². The van der Waals surface area contributed by atoms with E-state index in [0.717, 1.165) is 40.3 Å². The van der Waals surface area contributed by atoms with Crippen LogP contribution in [0.1, 0.15) is 35.6 Å². The summed E-state index contributed by atoms with van der Waals surface area (Å²) in [5.41, 5.74) is 8.93. The van der Waals surface area contributed by atoms with Crippen LogP contribution in [0.5, 0.6) is 0 Å². The van der Waals surface area contributed by atoms with E-state index in [1.54, 1.807) is 10.8 Å². The maximum atomic E-state index is 10.8. The third kappa shape index (κ3) is 5.18. The van der Waals surface area contributed by atoms with E-state index in [1.165, 1.54) is 16.7 Å². The van der Waals surface area contributed by atoms with Crippen molar-refractivity contribution in [2.75, 3.05) is 0 Å². The van der Waals surface area contributed by atoms with Gasteiger partial charge < -0.3 is 5.11 Å². The van der Waals surface area contributed by atoms with Gasteiger partial charge in [0, 0.05) is 24.9 Å². The first-order chi connectivity index (χ1) is 16.0. The molecular weight excluding hydrogens is 408 g/mol. The summed E-state index contributed by atoms with van der Waals surface area (Å²) >= 11 is 0. The third-order valence-electron chi connectivity index (χ3n) is 5.61. The molecule has 0 spiro atoms. The van der Waals surface area contributed by atoms with Gasteiger partial charge in [-0.15, -0.1) is 0 Å². The summed E-state index contributed by atoms with van der Waals surface area (Å²) in [6.45, 7) is 2.18. The zero-order valence-electron chi connectivity index (χ0n) is 18.8. The number of rotatable bonds is 7. The summed E-state index contributed by atoms with van der Waals surface area (Å²) in [6.07, 6.45) is 7.53. The van der Waals surface area contributed by atoms with Gasteiger partial charge in [-0.3, -0.25) is 4.68 Å². The summed E-state index contributed by atoms with van der Waals surface area (Å²) in [6, 6.07) is 27.1. The first kappa shape index (κ1) is 22.0. The van der Waals surface area contributed by atoms with E-state index in [2.05, 4.69) is 72.7 Å². The molecule has 0 bridgehead atoms. The van der Waals surface area contributed by atoms with Gasteiger partial charge in [-0.1, -0.05) is 85.8 Å². The number of allylic oxidation sites excluding steroid dienone is 1. The highest BCUT2D eigenvalue weighted by molar-refractivity contribution is 5.99. The van der Waals surface area contributed by atoms with Crippen LogP contribution in [0.4, 0.5) is 0 Å². The third-order valence-corrected chi connectivity index (χ3v) is 5.61. The number of nitrogens with zero attached hydrogens (tertiary/aromatic N) is 2. The van der Waals surface area contributed by atoms with Crippen molar-refractivity contribution in [2.24, 2.45) is 7.05 Å². The van der Waals surface area contributed by atoms with Crippen molar-refractivity contribution in [1.82, 2.24) is 9.78 Å². The van der Waals surface area contributed by atoms with Gasteiger partial charge in [0.15, 0.2) is 0 Å². The molecular formula is C29H26N2O2. The molecule has 4 aromatic rings. The molecule has 0 aliphatic heterocycles. The van der Waals surface area contributed by atoms with E-state index in [4.69, 9.17) is 5.11 Å². The van der Waals surface area contributed by atoms with Crippen LogP contribution in [-0.4, -0.2) is 20.9 Å². The first-order valence-electron chi connectivity index (χ1n) is 10.9. The number of benzene rings is 3. The topological polar surface area (TPSA) is 55.1 Å². The molecule has 4 heteroatoms. The number of carboxylic acids is 1. The van der Waals surface area contributed by atoms with Gasteiger partial charge >= 0.3 is 5.97 Å². The molecule has 3 aromatic carbocycles. The molecule has 0 amide bonds. The minimum Gasteiger partial charge on any atom is -0.478 e. The lowest BCUT2D eigenvalue weighted by molar-refractivity contribution is -0.131. The van der Waals surface area contributed by atoms with Gasteiger partial charge in [0.05, 0.1) is 6.20 Å². The van der Waals surface area contributed by atoms with Crippen LogP contribution in [0.2, 0.25) is 0 Å². The molecule has 0 aliphatic rings. The van der Waals surface area contributed by atoms with Crippen LogP contribution < -0.4 is 0 Å². The molecule has 0 radical (unpaired) electrons. The molecule has 0 unspecified atom stereocenters. The Morgan fingerprint density at radius 1 is 0.879 bits per heavy atom. The van der Waals surface area contributed by atoms with E-state index in [1.807, 2.05) is 37.6 Å². The number of carboxylic acid groups (broad SMARTS) is 1. The molecule has 1 N–H and O–H groups in total. The number of aliphatic carboxylic acids is 1. The minimum atomic E-state index is -0.953. The lowest BCUT2D eigenvalue weighted by atomic mass is 9.87. The Bertz CT molecular complexity index is 1300. The summed E-state index contributed by atoms with van der Waals surface area (Å²) in [5, 5.41) is 13.2.